The molecule has 9 heteroatoms. The van der Waals surface area contributed by atoms with Crippen LogP contribution in [0.15, 0.2) is 41.1 Å². The van der Waals surface area contributed by atoms with Gasteiger partial charge in [0.15, 0.2) is 11.6 Å². The maximum atomic E-state index is 13.5. The zero-order valence-electron chi connectivity index (χ0n) is 16.6. The van der Waals surface area contributed by atoms with Crippen LogP contribution in [0, 0.1) is 11.6 Å². The largest absolute Gasteiger partial charge is 0.383 e. The molecule has 2 aromatic heterocycles. The number of anilines is 1. The molecule has 1 saturated heterocycles. The van der Waals surface area contributed by atoms with Crippen LogP contribution in [-0.2, 0) is 11.3 Å². The van der Waals surface area contributed by atoms with E-state index in [-0.39, 0.29) is 6.04 Å². The van der Waals surface area contributed by atoms with Crippen molar-refractivity contribution < 1.29 is 18.0 Å². The molecule has 1 aliphatic rings. The molecule has 1 fully saturated rings. The molecule has 7 nitrogen and oxygen atoms in total. The average molecular weight is 415 g/mol. The van der Waals surface area contributed by atoms with Gasteiger partial charge in [-0.3, -0.25) is 4.90 Å². The minimum atomic E-state index is -0.841. The number of methoxy groups -OCH3 is 1. The van der Waals surface area contributed by atoms with Crippen molar-refractivity contribution in [3.63, 3.8) is 0 Å². The Balaban J connectivity index is 1.44. The van der Waals surface area contributed by atoms with E-state index in [1.165, 1.54) is 6.07 Å². The van der Waals surface area contributed by atoms with Crippen LogP contribution < -0.4 is 5.32 Å². The number of pyridine rings is 1. The first kappa shape index (κ1) is 20.4. The van der Waals surface area contributed by atoms with Crippen molar-refractivity contribution in [2.45, 2.75) is 25.4 Å². The predicted octanol–water partition coefficient (Wildman–Crippen LogP) is 3.81. The predicted molar refractivity (Wildman–Crippen MR) is 107 cm³/mol. The zero-order valence-corrected chi connectivity index (χ0v) is 16.6. The molecular weight excluding hydrogens is 392 g/mol. The fourth-order valence-corrected chi connectivity index (χ4v) is 3.57. The molecule has 158 valence electrons. The minimum Gasteiger partial charge on any atom is -0.383 e. The van der Waals surface area contributed by atoms with E-state index < -0.39 is 11.6 Å². The second-order valence-electron chi connectivity index (χ2n) is 7.18. The number of hydrogen-bond acceptors (Lipinski definition) is 7. The zero-order chi connectivity index (χ0) is 20.9. The average Bonchev–Trinajstić information content (AvgIpc) is 3.41. The molecule has 0 radical (unpaired) electrons. The van der Waals surface area contributed by atoms with Crippen LogP contribution in [-0.4, -0.2) is 46.8 Å². The van der Waals surface area contributed by atoms with Crippen LogP contribution in [0.3, 0.4) is 0 Å². The van der Waals surface area contributed by atoms with Crippen molar-refractivity contribution in [3.05, 3.63) is 59.6 Å². The second-order valence-corrected chi connectivity index (χ2v) is 7.18. The Labute approximate surface area is 173 Å². The number of ether oxygens (including phenoxy) is 1. The van der Waals surface area contributed by atoms with Crippen molar-refractivity contribution in [1.29, 1.82) is 0 Å². The number of hydrogen-bond donors (Lipinski definition) is 1. The molecule has 30 heavy (non-hydrogen) atoms. The SMILES string of the molecule is COCCNc1ccc(-c2noc(C3CCCN3Cc3ccc(F)c(F)c3)n2)cn1. The summed E-state index contributed by atoms with van der Waals surface area (Å²) in [4.78, 5) is 11.1. The van der Waals surface area contributed by atoms with E-state index in [2.05, 4.69) is 25.3 Å². The lowest BCUT2D eigenvalue weighted by Crippen LogP contribution is -2.23. The summed E-state index contributed by atoms with van der Waals surface area (Å²) >= 11 is 0. The van der Waals surface area contributed by atoms with E-state index in [1.54, 1.807) is 19.4 Å². The summed E-state index contributed by atoms with van der Waals surface area (Å²) in [7, 11) is 1.65. The summed E-state index contributed by atoms with van der Waals surface area (Å²) in [6, 6.07) is 7.67. The van der Waals surface area contributed by atoms with Crippen LogP contribution in [0.4, 0.5) is 14.6 Å². The van der Waals surface area contributed by atoms with Gasteiger partial charge in [0, 0.05) is 32.0 Å². The van der Waals surface area contributed by atoms with Crippen molar-refractivity contribution in [3.8, 4) is 11.4 Å². The van der Waals surface area contributed by atoms with Crippen molar-refractivity contribution in [1.82, 2.24) is 20.0 Å². The summed E-state index contributed by atoms with van der Waals surface area (Å²) in [6.45, 7) is 2.58. The third-order valence-corrected chi connectivity index (χ3v) is 5.09. The van der Waals surface area contributed by atoms with Gasteiger partial charge in [0.05, 0.1) is 12.6 Å². The highest BCUT2D eigenvalue weighted by molar-refractivity contribution is 5.55. The summed E-state index contributed by atoms with van der Waals surface area (Å²) < 4.78 is 37.2. The lowest BCUT2D eigenvalue weighted by Gasteiger charge is -2.21. The number of aromatic nitrogens is 3. The molecule has 1 atom stereocenters. The van der Waals surface area contributed by atoms with E-state index in [0.717, 1.165) is 36.8 Å². The fraction of sp³-hybridized carbons (Fsp3) is 0.381. The van der Waals surface area contributed by atoms with E-state index in [0.29, 0.717) is 37.0 Å². The van der Waals surface area contributed by atoms with Gasteiger partial charge in [0.1, 0.15) is 5.82 Å². The quantitative estimate of drug-likeness (QED) is 0.561. The maximum absolute atomic E-state index is 13.5. The van der Waals surface area contributed by atoms with E-state index in [9.17, 15) is 8.78 Å². The smallest absolute Gasteiger partial charge is 0.244 e. The summed E-state index contributed by atoms with van der Waals surface area (Å²) in [6.07, 6.45) is 3.53. The molecule has 0 spiro atoms. The highest BCUT2D eigenvalue weighted by Crippen LogP contribution is 2.33. The van der Waals surface area contributed by atoms with Gasteiger partial charge in [0.2, 0.25) is 11.7 Å². The molecule has 1 aliphatic heterocycles. The molecule has 0 bridgehead atoms. The standard InChI is InChI=1S/C21H23F2N5O2/c1-29-10-8-24-19-7-5-15(12-25-19)20-26-21(30-27-20)18-3-2-9-28(18)13-14-4-6-16(22)17(23)11-14/h4-7,11-12,18H,2-3,8-10,13H2,1H3,(H,24,25). The summed E-state index contributed by atoms with van der Waals surface area (Å²) in [5, 5.41) is 7.25. The van der Waals surface area contributed by atoms with Gasteiger partial charge in [-0.1, -0.05) is 11.2 Å². The first-order chi connectivity index (χ1) is 14.6. The number of halogens is 2. The number of likely N-dealkylation sites (tertiary alicyclic amines) is 1. The van der Waals surface area contributed by atoms with E-state index >= 15 is 0 Å². The minimum absolute atomic E-state index is 0.0534. The summed E-state index contributed by atoms with van der Waals surface area (Å²) in [5.74, 6) is 0.0591. The Morgan fingerprint density at radius 3 is 2.90 bits per heavy atom. The van der Waals surface area contributed by atoms with Crippen molar-refractivity contribution >= 4 is 5.82 Å². The maximum Gasteiger partial charge on any atom is 0.244 e. The van der Waals surface area contributed by atoms with Gasteiger partial charge in [-0.25, -0.2) is 13.8 Å². The molecule has 1 unspecified atom stereocenters. The first-order valence-electron chi connectivity index (χ1n) is 9.85. The topological polar surface area (TPSA) is 76.3 Å². The van der Waals surface area contributed by atoms with E-state index in [4.69, 9.17) is 9.26 Å². The molecule has 3 aromatic rings. The number of benzene rings is 1. The van der Waals surface area contributed by atoms with Crippen molar-refractivity contribution in [2.75, 3.05) is 32.1 Å². The van der Waals surface area contributed by atoms with Crippen LogP contribution in [0.2, 0.25) is 0 Å². The van der Waals surface area contributed by atoms with Gasteiger partial charge >= 0.3 is 0 Å². The van der Waals surface area contributed by atoms with Crippen LogP contribution in [0.25, 0.3) is 11.4 Å². The Kier molecular flexibility index (Phi) is 6.29. The van der Waals surface area contributed by atoms with Gasteiger partial charge in [-0.2, -0.15) is 4.98 Å². The Morgan fingerprint density at radius 2 is 2.13 bits per heavy atom. The molecule has 0 saturated carbocycles. The molecule has 1 aromatic carbocycles. The Morgan fingerprint density at radius 1 is 1.23 bits per heavy atom. The highest BCUT2D eigenvalue weighted by Gasteiger charge is 2.31. The highest BCUT2D eigenvalue weighted by atomic mass is 19.2. The molecule has 0 aliphatic carbocycles. The normalized spacial score (nSPS) is 16.8. The van der Waals surface area contributed by atoms with Gasteiger partial charge in [-0.15, -0.1) is 0 Å². The number of nitrogens with one attached hydrogen (secondary N) is 1. The Bertz CT molecular complexity index is 980. The number of rotatable bonds is 8. The molecule has 1 N–H and O–H groups in total. The lowest BCUT2D eigenvalue weighted by atomic mass is 10.1. The van der Waals surface area contributed by atoms with Gasteiger partial charge < -0.3 is 14.6 Å². The van der Waals surface area contributed by atoms with E-state index in [1.807, 2.05) is 12.1 Å². The Hall–Kier alpha value is -2.91. The van der Waals surface area contributed by atoms with Gasteiger partial charge in [-0.05, 0) is 49.2 Å². The lowest BCUT2D eigenvalue weighted by molar-refractivity contribution is 0.201. The van der Waals surface area contributed by atoms with Crippen LogP contribution in [0.5, 0.6) is 0 Å². The second kappa shape index (κ2) is 9.27. The molecule has 0 amide bonds. The molecule has 4 rings (SSSR count). The van der Waals surface area contributed by atoms with Crippen LogP contribution in [0.1, 0.15) is 30.3 Å². The van der Waals surface area contributed by atoms with Crippen LogP contribution >= 0.6 is 0 Å². The molecular formula is C21H23F2N5O2. The number of nitrogens with zero attached hydrogens (tertiary/aromatic N) is 4. The first-order valence-corrected chi connectivity index (χ1v) is 9.85. The third-order valence-electron chi connectivity index (χ3n) is 5.09. The van der Waals surface area contributed by atoms with Gasteiger partial charge in [0.25, 0.3) is 0 Å². The summed E-state index contributed by atoms with van der Waals surface area (Å²) in [5.41, 5.74) is 1.47. The monoisotopic (exact) mass is 415 g/mol. The third kappa shape index (κ3) is 4.63. The van der Waals surface area contributed by atoms with Crippen molar-refractivity contribution in [2.24, 2.45) is 0 Å². The molecule has 3 heterocycles. The fourth-order valence-electron chi connectivity index (χ4n) is 3.57.